The van der Waals surface area contributed by atoms with Crippen LogP contribution in [0.3, 0.4) is 0 Å². The fraction of sp³-hybridized carbons (Fsp3) is 0.818. The van der Waals surface area contributed by atoms with E-state index in [0.717, 1.165) is 19.3 Å². The molecule has 2 rings (SSSR count). The van der Waals surface area contributed by atoms with Crippen molar-refractivity contribution in [2.75, 3.05) is 0 Å². The van der Waals surface area contributed by atoms with Crippen LogP contribution >= 0.6 is 0 Å². The Balaban J connectivity index is 1.88. The molecular formula is C11H16O4. The maximum atomic E-state index is 10.8. The van der Waals surface area contributed by atoms with Gasteiger partial charge in [-0.05, 0) is 31.1 Å². The number of carbonyl (C=O) groups is 2. The van der Waals surface area contributed by atoms with E-state index in [2.05, 4.69) is 0 Å². The Hall–Kier alpha value is -1.06. The van der Waals surface area contributed by atoms with Gasteiger partial charge in [-0.1, -0.05) is 0 Å². The molecule has 0 aromatic heterocycles. The van der Waals surface area contributed by atoms with Gasteiger partial charge < -0.3 is 9.47 Å². The molecule has 4 atom stereocenters. The molecule has 4 nitrogen and oxygen atoms in total. The lowest BCUT2D eigenvalue weighted by atomic mass is 9.95. The normalized spacial score (nSPS) is 37.7. The molecule has 0 aliphatic heterocycles. The largest absolute Gasteiger partial charge is 0.462 e. The van der Waals surface area contributed by atoms with Crippen molar-refractivity contribution in [1.29, 1.82) is 0 Å². The summed E-state index contributed by atoms with van der Waals surface area (Å²) in [4.78, 5) is 21.7. The van der Waals surface area contributed by atoms with E-state index >= 15 is 0 Å². The summed E-state index contributed by atoms with van der Waals surface area (Å²) >= 11 is 0. The van der Waals surface area contributed by atoms with Gasteiger partial charge in [0.1, 0.15) is 12.2 Å². The maximum Gasteiger partial charge on any atom is 0.302 e. The van der Waals surface area contributed by atoms with E-state index in [1.165, 1.54) is 13.8 Å². The summed E-state index contributed by atoms with van der Waals surface area (Å²) in [5.74, 6) is 0.361. The molecule has 0 unspecified atom stereocenters. The number of hydrogen-bond acceptors (Lipinski definition) is 4. The molecule has 2 saturated carbocycles. The zero-order chi connectivity index (χ0) is 11.0. The predicted octanol–water partition coefficient (Wildman–Crippen LogP) is 1.28. The molecule has 4 heteroatoms. The number of carbonyl (C=O) groups excluding carboxylic acids is 2. The van der Waals surface area contributed by atoms with Gasteiger partial charge in [0.2, 0.25) is 0 Å². The van der Waals surface area contributed by atoms with Crippen molar-refractivity contribution in [3.63, 3.8) is 0 Å². The quantitative estimate of drug-likeness (QED) is 0.647. The van der Waals surface area contributed by atoms with Crippen molar-refractivity contribution in [3.8, 4) is 0 Å². The van der Waals surface area contributed by atoms with E-state index in [1.54, 1.807) is 0 Å². The van der Waals surface area contributed by atoms with Crippen molar-refractivity contribution in [2.24, 2.45) is 11.8 Å². The highest BCUT2D eigenvalue weighted by molar-refractivity contribution is 5.66. The zero-order valence-corrected chi connectivity index (χ0v) is 9.06. The molecule has 0 spiro atoms. The van der Waals surface area contributed by atoms with Crippen LogP contribution in [-0.2, 0) is 19.1 Å². The number of hydrogen-bond donors (Lipinski definition) is 0. The molecule has 84 valence electrons. The minimum absolute atomic E-state index is 0.0549. The van der Waals surface area contributed by atoms with E-state index in [4.69, 9.17) is 9.47 Å². The SMILES string of the molecule is CC(=O)O[C@@H]1C[C@@H]2C[C@H]1C[C@H]2OC(C)=O. The van der Waals surface area contributed by atoms with E-state index in [9.17, 15) is 9.59 Å². The van der Waals surface area contributed by atoms with Gasteiger partial charge in [-0.25, -0.2) is 0 Å². The lowest BCUT2D eigenvalue weighted by Crippen LogP contribution is -2.31. The van der Waals surface area contributed by atoms with Crippen LogP contribution in [-0.4, -0.2) is 24.1 Å². The number of ether oxygens (including phenoxy) is 2. The van der Waals surface area contributed by atoms with E-state index in [0.29, 0.717) is 11.8 Å². The van der Waals surface area contributed by atoms with Crippen LogP contribution < -0.4 is 0 Å². The third-order valence-electron chi connectivity index (χ3n) is 3.36. The molecule has 0 radical (unpaired) electrons. The fourth-order valence-electron chi connectivity index (χ4n) is 2.89. The Morgan fingerprint density at radius 3 is 1.53 bits per heavy atom. The first-order chi connectivity index (χ1) is 7.06. The van der Waals surface area contributed by atoms with Gasteiger partial charge in [0.05, 0.1) is 0 Å². The molecular weight excluding hydrogens is 196 g/mol. The van der Waals surface area contributed by atoms with Crippen LogP contribution in [0.5, 0.6) is 0 Å². The van der Waals surface area contributed by atoms with Crippen LogP contribution in [0.4, 0.5) is 0 Å². The summed E-state index contributed by atoms with van der Waals surface area (Å²) in [5.41, 5.74) is 0. The topological polar surface area (TPSA) is 52.6 Å². The molecule has 0 aromatic rings. The molecule has 0 aromatic carbocycles. The summed E-state index contributed by atoms with van der Waals surface area (Å²) in [6, 6.07) is 0. The molecule has 0 N–H and O–H groups in total. The Bertz CT molecular complexity index is 258. The van der Waals surface area contributed by atoms with Crippen molar-refractivity contribution in [1.82, 2.24) is 0 Å². The maximum absolute atomic E-state index is 10.8. The summed E-state index contributed by atoms with van der Waals surface area (Å²) in [6.45, 7) is 2.88. The molecule has 2 aliphatic carbocycles. The van der Waals surface area contributed by atoms with Gasteiger partial charge in [-0.3, -0.25) is 9.59 Å². The van der Waals surface area contributed by atoms with Crippen LogP contribution in [0.1, 0.15) is 33.1 Å². The Labute approximate surface area is 88.9 Å². The first kappa shape index (κ1) is 10.5. The summed E-state index contributed by atoms with van der Waals surface area (Å²) < 4.78 is 10.4. The smallest absolute Gasteiger partial charge is 0.302 e. The van der Waals surface area contributed by atoms with Gasteiger partial charge in [-0.2, -0.15) is 0 Å². The highest BCUT2D eigenvalue weighted by Crippen LogP contribution is 2.47. The van der Waals surface area contributed by atoms with Crippen LogP contribution in [0.2, 0.25) is 0 Å². The highest BCUT2D eigenvalue weighted by atomic mass is 16.6. The molecule has 0 heterocycles. The second-order valence-electron chi connectivity index (χ2n) is 4.52. The Kier molecular flexibility index (Phi) is 2.67. The lowest BCUT2D eigenvalue weighted by Gasteiger charge is -2.26. The minimum Gasteiger partial charge on any atom is -0.462 e. The molecule has 2 bridgehead atoms. The number of fused-ring (bicyclic) bond motifs is 2. The van der Waals surface area contributed by atoms with E-state index in [1.807, 2.05) is 0 Å². The van der Waals surface area contributed by atoms with Gasteiger partial charge in [0.25, 0.3) is 0 Å². The first-order valence-corrected chi connectivity index (χ1v) is 5.40. The minimum atomic E-state index is -0.211. The van der Waals surface area contributed by atoms with Crippen LogP contribution in [0.15, 0.2) is 0 Å². The average molecular weight is 212 g/mol. The average Bonchev–Trinajstić information content (AvgIpc) is 2.60. The zero-order valence-electron chi connectivity index (χ0n) is 9.06. The molecule has 2 fully saturated rings. The first-order valence-electron chi connectivity index (χ1n) is 5.40. The van der Waals surface area contributed by atoms with Crippen molar-refractivity contribution < 1.29 is 19.1 Å². The van der Waals surface area contributed by atoms with Crippen molar-refractivity contribution in [3.05, 3.63) is 0 Å². The summed E-state index contributed by atoms with van der Waals surface area (Å²) in [6.07, 6.45) is 2.83. The molecule has 0 saturated heterocycles. The number of esters is 2. The Morgan fingerprint density at radius 1 is 0.867 bits per heavy atom. The molecule has 2 aliphatic rings. The second-order valence-corrected chi connectivity index (χ2v) is 4.52. The summed E-state index contributed by atoms with van der Waals surface area (Å²) in [7, 11) is 0. The lowest BCUT2D eigenvalue weighted by molar-refractivity contribution is -0.156. The van der Waals surface area contributed by atoms with Crippen molar-refractivity contribution >= 4 is 11.9 Å². The fourth-order valence-corrected chi connectivity index (χ4v) is 2.89. The highest BCUT2D eigenvalue weighted by Gasteiger charge is 2.48. The monoisotopic (exact) mass is 212 g/mol. The van der Waals surface area contributed by atoms with Gasteiger partial charge in [-0.15, -0.1) is 0 Å². The van der Waals surface area contributed by atoms with Gasteiger partial charge in [0.15, 0.2) is 0 Å². The van der Waals surface area contributed by atoms with E-state index in [-0.39, 0.29) is 24.1 Å². The Morgan fingerprint density at radius 2 is 1.27 bits per heavy atom. The van der Waals surface area contributed by atoms with Crippen LogP contribution in [0, 0.1) is 11.8 Å². The third kappa shape index (κ3) is 2.13. The van der Waals surface area contributed by atoms with Gasteiger partial charge >= 0.3 is 11.9 Å². The molecule has 0 amide bonds. The second kappa shape index (κ2) is 3.83. The third-order valence-corrected chi connectivity index (χ3v) is 3.36. The van der Waals surface area contributed by atoms with Crippen molar-refractivity contribution in [2.45, 2.75) is 45.3 Å². The van der Waals surface area contributed by atoms with Crippen LogP contribution in [0.25, 0.3) is 0 Å². The standard InChI is InChI=1S/C11H16O4/c1-6(12)14-10-4-9-3-8(10)5-11(9)15-7(2)13/h8-11H,3-5H2,1-2H3/t8-,9-,10+,11+/m0/s1. The van der Waals surface area contributed by atoms with E-state index < -0.39 is 0 Å². The summed E-state index contributed by atoms with van der Waals surface area (Å²) in [5, 5.41) is 0. The number of rotatable bonds is 2. The predicted molar refractivity (Wildman–Crippen MR) is 51.9 cm³/mol. The molecule has 15 heavy (non-hydrogen) atoms. The van der Waals surface area contributed by atoms with Gasteiger partial charge in [0, 0.05) is 13.8 Å².